The first kappa shape index (κ1) is 17.2. The molecule has 0 bridgehead atoms. The van der Waals surface area contributed by atoms with Crippen molar-refractivity contribution < 1.29 is 9.59 Å². The van der Waals surface area contributed by atoms with Crippen molar-refractivity contribution in [2.24, 2.45) is 0 Å². The summed E-state index contributed by atoms with van der Waals surface area (Å²) in [5.74, 6) is -0.0854. The zero-order valence-corrected chi connectivity index (χ0v) is 14.6. The molecule has 0 aliphatic carbocycles. The second-order valence-corrected chi connectivity index (χ2v) is 6.47. The van der Waals surface area contributed by atoms with E-state index >= 15 is 0 Å². The normalized spacial score (nSPS) is 14.8. The van der Waals surface area contributed by atoms with Gasteiger partial charge in [0.05, 0.1) is 0 Å². The van der Waals surface area contributed by atoms with Crippen molar-refractivity contribution >= 4 is 17.5 Å². The third-order valence-electron chi connectivity index (χ3n) is 4.68. The van der Waals surface area contributed by atoms with E-state index in [1.807, 2.05) is 42.5 Å². The number of hydrogen-bond donors (Lipinski definition) is 1. The maximum atomic E-state index is 12.5. The average Bonchev–Trinajstić information content (AvgIpc) is 2.64. The lowest BCUT2D eigenvalue weighted by Gasteiger charge is -2.29. The highest BCUT2D eigenvalue weighted by Crippen LogP contribution is 2.27. The molecule has 0 spiro atoms. The predicted octanol–water partition coefficient (Wildman–Crippen LogP) is 3.10. The van der Waals surface area contributed by atoms with E-state index in [4.69, 9.17) is 0 Å². The van der Waals surface area contributed by atoms with Crippen LogP contribution in [0.25, 0.3) is 0 Å². The van der Waals surface area contributed by atoms with E-state index in [0.717, 1.165) is 30.5 Å². The standard InChI is InChI=1S/C21H24N2O2/c1-2-18(14-16-8-4-3-5-9-16)22-20(24)15-23-19-11-7-6-10-17(19)12-13-21(23)25/h3-11,18H,2,12-15H2,1H3,(H,22,24). The van der Waals surface area contributed by atoms with Crippen LogP contribution in [0.15, 0.2) is 54.6 Å². The number of fused-ring (bicyclic) bond motifs is 1. The molecule has 0 radical (unpaired) electrons. The number of nitrogens with zero attached hydrogens (tertiary/aromatic N) is 1. The molecule has 0 saturated heterocycles. The van der Waals surface area contributed by atoms with Crippen molar-refractivity contribution in [3.63, 3.8) is 0 Å². The van der Waals surface area contributed by atoms with Gasteiger partial charge in [-0.1, -0.05) is 55.5 Å². The molecular formula is C21H24N2O2. The second-order valence-electron chi connectivity index (χ2n) is 6.47. The van der Waals surface area contributed by atoms with Crippen LogP contribution in [0.5, 0.6) is 0 Å². The van der Waals surface area contributed by atoms with Crippen molar-refractivity contribution in [3.8, 4) is 0 Å². The van der Waals surface area contributed by atoms with E-state index in [2.05, 4.69) is 24.4 Å². The Morgan fingerprint density at radius 2 is 1.80 bits per heavy atom. The molecule has 1 heterocycles. The Morgan fingerprint density at radius 3 is 2.56 bits per heavy atom. The number of aryl methyl sites for hydroxylation is 1. The Bertz CT molecular complexity index is 743. The van der Waals surface area contributed by atoms with Crippen LogP contribution in [0.3, 0.4) is 0 Å². The fourth-order valence-electron chi connectivity index (χ4n) is 3.28. The largest absolute Gasteiger partial charge is 0.351 e. The second kappa shape index (κ2) is 7.97. The number of hydrogen-bond acceptors (Lipinski definition) is 2. The van der Waals surface area contributed by atoms with Gasteiger partial charge in [-0.2, -0.15) is 0 Å². The molecule has 1 aliphatic rings. The molecule has 2 amide bonds. The van der Waals surface area contributed by atoms with Crippen LogP contribution in [0.4, 0.5) is 5.69 Å². The molecule has 3 rings (SSSR count). The topological polar surface area (TPSA) is 49.4 Å². The predicted molar refractivity (Wildman–Crippen MR) is 99.5 cm³/mol. The lowest BCUT2D eigenvalue weighted by atomic mass is 10.0. The van der Waals surface area contributed by atoms with Crippen LogP contribution in [0.2, 0.25) is 0 Å². The van der Waals surface area contributed by atoms with Gasteiger partial charge in [0.2, 0.25) is 11.8 Å². The molecule has 2 aromatic carbocycles. The van der Waals surface area contributed by atoms with Crippen molar-refractivity contribution in [1.82, 2.24) is 5.32 Å². The van der Waals surface area contributed by atoms with Crippen molar-refractivity contribution in [3.05, 3.63) is 65.7 Å². The van der Waals surface area contributed by atoms with Gasteiger partial charge in [0.1, 0.15) is 6.54 Å². The van der Waals surface area contributed by atoms with Crippen molar-refractivity contribution in [1.29, 1.82) is 0 Å². The first-order valence-electron chi connectivity index (χ1n) is 8.89. The molecule has 1 atom stereocenters. The van der Waals surface area contributed by atoms with E-state index in [1.165, 1.54) is 5.56 Å². The summed E-state index contributed by atoms with van der Waals surface area (Å²) in [4.78, 5) is 26.4. The zero-order valence-electron chi connectivity index (χ0n) is 14.6. The first-order valence-corrected chi connectivity index (χ1v) is 8.89. The number of carbonyl (C=O) groups excluding carboxylic acids is 2. The Hall–Kier alpha value is -2.62. The van der Waals surface area contributed by atoms with Crippen molar-refractivity contribution in [2.75, 3.05) is 11.4 Å². The monoisotopic (exact) mass is 336 g/mol. The summed E-state index contributed by atoms with van der Waals surface area (Å²) < 4.78 is 0. The molecule has 1 aliphatic heterocycles. The van der Waals surface area contributed by atoms with Gasteiger partial charge in [-0.25, -0.2) is 0 Å². The number of anilines is 1. The summed E-state index contributed by atoms with van der Waals surface area (Å²) in [6.45, 7) is 2.15. The Morgan fingerprint density at radius 1 is 1.08 bits per heavy atom. The number of amides is 2. The minimum Gasteiger partial charge on any atom is -0.351 e. The number of benzene rings is 2. The summed E-state index contributed by atoms with van der Waals surface area (Å²) in [5.41, 5.74) is 3.20. The van der Waals surface area contributed by atoms with Crippen molar-refractivity contribution in [2.45, 2.75) is 38.6 Å². The van der Waals surface area contributed by atoms with E-state index in [1.54, 1.807) is 4.90 Å². The molecule has 4 heteroatoms. The molecule has 4 nitrogen and oxygen atoms in total. The fraction of sp³-hybridized carbons (Fsp3) is 0.333. The van der Waals surface area contributed by atoms with Gasteiger partial charge >= 0.3 is 0 Å². The molecule has 1 N–H and O–H groups in total. The van der Waals surface area contributed by atoms with E-state index < -0.39 is 0 Å². The third-order valence-corrected chi connectivity index (χ3v) is 4.68. The molecule has 0 fully saturated rings. The molecule has 0 saturated carbocycles. The van der Waals surface area contributed by atoms with Gasteiger partial charge in [0.25, 0.3) is 0 Å². The van der Waals surface area contributed by atoms with Gasteiger partial charge in [-0.3, -0.25) is 9.59 Å². The molecule has 0 aromatic heterocycles. The van der Waals surface area contributed by atoms with Crippen LogP contribution < -0.4 is 10.2 Å². The Labute approximate surface area is 148 Å². The maximum absolute atomic E-state index is 12.5. The Balaban J connectivity index is 1.64. The van der Waals surface area contributed by atoms with Crippen LogP contribution >= 0.6 is 0 Å². The number of rotatable bonds is 6. The highest BCUT2D eigenvalue weighted by atomic mass is 16.2. The lowest BCUT2D eigenvalue weighted by molar-refractivity contribution is -0.124. The van der Waals surface area contributed by atoms with Crippen LogP contribution in [0.1, 0.15) is 30.9 Å². The van der Waals surface area contributed by atoms with E-state index in [-0.39, 0.29) is 24.4 Å². The highest BCUT2D eigenvalue weighted by Gasteiger charge is 2.26. The minimum atomic E-state index is -0.104. The van der Waals surface area contributed by atoms with Crippen LogP contribution in [-0.2, 0) is 22.4 Å². The average molecular weight is 336 g/mol. The number of nitrogens with one attached hydrogen (secondary N) is 1. The summed E-state index contributed by atoms with van der Waals surface area (Å²) in [5, 5.41) is 3.08. The first-order chi connectivity index (χ1) is 12.2. The summed E-state index contributed by atoms with van der Waals surface area (Å²) in [6, 6.07) is 18.0. The third kappa shape index (κ3) is 4.27. The smallest absolute Gasteiger partial charge is 0.240 e. The summed E-state index contributed by atoms with van der Waals surface area (Å²) in [6.07, 6.45) is 2.86. The molecule has 1 unspecified atom stereocenters. The number of carbonyl (C=O) groups is 2. The summed E-state index contributed by atoms with van der Waals surface area (Å²) in [7, 11) is 0. The van der Waals surface area contributed by atoms with Crippen LogP contribution in [-0.4, -0.2) is 24.4 Å². The van der Waals surface area contributed by atoms with Gasteiger partial charge < -0.3 is 10.2 Å². The van der Waals surface area contributed by atoms with Crippen LogP contribution in [0, 0.1) is 0 Å². The highest BCUT2D eigenvalue weighted by molar-refractivity contribution is 6.01. The fourth-order valence-corrected chi connectivity index (χ4v) is 3.28. The zero-order chi connectivity index (χ0) is 17.6. The lowest BCUT2D eigenvalue weighted by Crippen LogP contribution is -2.46. The quantitative estimate of drug-likeness (QED) is 0.881. The van der Waals surface area contributed by atoms with Gasteiger partial charge in [-0.05, 0) is 36.5 Å². The minimum absolute atomic E-state index is 0.0185. The van der Waals surface area contributed by atoms with E-state index in [9.17, 15) is 9.59 Å². The maximum Gasteiger partial charge on any atom is 0.240 e. The Kier molecular flexibility index (Phi) is 5.49. The number of para-hydroxylation sites is 1. The van der Waals surface area contributed by atoms with Gasteiger partial charge in [0.15, 0.2) is 0 Å². The molecule has 25 heavy (non-hydrogen) atoms. The molecule has 2 aromatic rings. The van der Waals surface area contributed by atoms with Gasteiger partial charge in [0, 0.05) is 18.2 Å². The SMILES string of the molecule is CCC(Cc1ccccc1)NC(=O)CN1C(=O)CCc2ccccc21. The molecular weight excluding hydrogens is 312 g/mol. The van der Waals surface area contributed by atoms with E-state index in [0.29, 0.717) is 6.42 Å². The molecule has 130 valence electrons. The summed E-state index contributed by atoms with van der Waals surface area (Å²) >= 11 is 0. The van der Waals surface area contributed by atoms with Gasteiger partial charge in [-0.15, -0.1) is 0 Å².